The highest BCUT2D eigenvalue weighted by atomic mass is 32.2. The Morgan fingerprint density at radius 1 is 1.00 bits per heavy atom. The second kappa shape index (κ2) is 9.45. The van der Waals surface area contributed by atoms with E-state index in [-0.39, 0.29) is 17.9 Å². The summed E-state index contributed by atoms with van der Waals surface area (Å²) in [6.45, 7) is 1.13. The largest absolute Gasteiger partial charge is 0.459 e. The van der Waals surface area contributed by atoms with Crippen molar-refractivity contribution < 1.29 is 22.5 Å². The predicted octanol–water partition coefficient (Wildman–Crippen LogP) is 3.80. The number of aromatic nitrogens is 1. The molecule has 8 heteroatoms. The number of nitrogens with zero attached hydrogens (tertiary/aromatic N) is 2. The van der Waals surface area contributed by atoms with Crippen LogP contribution in [-0.4, -0.2) is 36.9 Å². The van der Waals surface area contributed by atoms with Gasteiger partial charge in [0.25, 0.3) is 0 Å². The van der Waals surface area contributed by atoms with E-state index in [1.165, 1.54) is 4.31 Å². The third kappa shape index (κ3) is 5.21. The zero-order valence-electron chi connectivity index (χ0n) is 17.1. The van der Waals surface area contributed by atoms with Crippen LogP contribution < -0.4 is 0 Å². The summed E-state index contributed by atoms with van der Waals surface area (Å²) < 4.78 is 37.5. The fraction of sp³-hybridized carbons (Fsp3) is 0.304. The SMILES string of the molecule is O=C(Cc1ccc(S(=O)(=O)N2CCCCC2)cc1)OCc1cc(-c2ccccc2)on1. The molecule has 3 aromatic rings. The van der Waals surface area contributed by atoms with Gasteiger partial charge in [0.2, 0.25) is 10.0 Å². The zero-order valence-corrected chi connectivity index (χ0v) is 17.9. The van der Waals surface area contributed by atoms with E-state index in [2.05, 4.69) is 5.16 Å². The molecule has 7 nitrogen and oxygen atoms in total. The Balaban J connectivity index is 1.31. The molecule has 0 aliphatic carbocycles. The quantitative estimate of drug-likeness (QED) is 0.519. The van der Waals surface area contributed by atoms with E-state index in [9.17, 15) is 13.2 Å². The molecule has 31 heavy (non-hydrogen) atoms. The second-order valence-corrected chi connectivity index (χ2v) is 9.43. The highest BCUT2D eigenvalue weighted by molar-refractivity contribution is 7.89. The van der Waals surface area contributed by atoms with Crippen molar-refractivity contribution in [2.24, 2.45) is 0 Å². The third-order valence-corrected chi connectivity index (χ3v) is 7.14. The molecule has 0 spiro atoms. The molecule has 1 saturated heterocycles. The van der Waals surface area contributed by atoms with Crippen LogP contribution in [0.5, 0.6) is 0 Å². The van der Waals surface area contributed by atoms with Gasteiger partial charge in [-0.05, 0) is 30.5 Å². The third-order valence-electron chi connectivity index (χ3n) is 5.22. The van der Waals surface area contributed by atoms with Gasteiger partial charge in [-0.25, -0.2) is 8.42 Å². The molecule has 2 heterocycles. The lowest BCUT2D eigenvalue weighted by Gasteiger charge is -2.25. The van der Waals surface area contributed by atoms with Gasteiger partial charge >= 0.3 is 5.97 Å². The van der Waals surface area contributed by atoms with Crippen LogP contribution in [0, 0.1) is 0 Å². The Morgan fingerprint density at radius 3 is 2.42 bits per heavy atom. The fourth-order valence-corrected chi connectivity index (χ4v) is 5.04. The van der Waals surface area contributed by atoms with Crippen molar-refractivity contribution in [3.05, 3.63) is 71.9 Å². The van der Waals surface area contributed by atoms with Gasteiger partial charge in [-0.15, -0.1) is 0 Å². The molecule has 1 fully saturated rings. The van der Waals surface area contributed by atoms with Gasteiger partial charge in [0.1, 0.15) is 12.3 Å². The van der Waals surface area contributed by atoms with Crippen LogP contribution in [0.15, 0.2) is 70.1 Å². The topological polar surface area (TPSA) is 89.7 Å². The van der Waals surface area contributed by atoms with Gasteiger partial charge in [-0.3, -0.25) is 4.79 Å². The number of piperidine rings is 1. The number of ether oxygens (including phenoxy) is 1. The number of benzene rings is 2. The van der Waals surface area contributed by atoms with Gasteiger partial charge in [0, 0.05) is 24.7 Å². The van der Waals surface area contributed by atoms with Crippen LogP contribution in [0.3, 0.4) is 0 Å². The summed E-state index contributed by atoms with van der Waals surface area (Å²) in [7, 11) is -3.48. The van der Waals surface area contributed by atoms with E-state index in [4.69, 9.17) is 9.26 Å². The lowest BCUT2D eigenvalue weighted by atomic mass is 10.1. The minimum Gasteiger partial charge on any atom is -0.459 e. The minimum absolute atomic E-state index is 0.0105. The van der Waals surface area contributed by atoms with E-state index >= 15 is 0 Å². The van der Waals surface area contributed by atoms with Crippen LogP contribution in [0.2, 0.25) is 0 Å². The fourth-order valence-electron chi connectivity index (χ4n) is 3.52. The molecule has 0 bridgehead atoms. The number of sulfonamides is 1. The monoisotopic (exact) mass is 440 g/mol. The smallest absolute Gasteiger partial charge is 0.310 e. The van der Waals surface area contributed by atoms with Crippen molar-refractivity contribution in [2.75, 3.05) is 13.1 Å². The van der Waals surface area contributed by atoms with Crippen LogP contribution in [0.1, 0.15) is 30.5 Å². The average Bonchev–Trinajstić information content (AvgIpc) is 3.28. The molecule has 2 aromatic carbocycles. The summed E-state index contributed by atoms with van der Waals surface area (Å²) in [6.07, 6.45) is 2.89. The maximum atomic E-state index is 12.7. The lowest BCUT2D eigenvalue weighted by molar-refractivity contribution is -0.144. The second-order valence-electron chi connectivity index (χ2n) is 7.49. The van der Waals surface area contributed by atoms with Crippen molar-refractivity contribution in [2.45, 2.75) is 37.2 Å². The summed E-state index contributed by atoms with van der Waals surface area (Å²) in [4.78, 5) is 12.4. The van der Waals surface area contributed by atoms with Crippen molar-refractivity contribution in [3.8, 4) is 11.3 Å². The van der Waals surface area contributed by atoms with Gasteiger partial charge in [0.15, 0.2) is 5.76 Å². The summed E-state index contributed by atoms with van der Waals surface area (Å²) in [5.41, 5.74) is 2.11. The summed E-state index contributed by atoms with van der Waals surface area (Å²) in [6, 6.07) is 17.7. The Bertz CT molecular complexity index is 1120. The molecule has 0 N–H and O–H groups in total. The molecular formula is C23H24N2O5S. The predicted molar refractivity (Wildman–Crippen MR) is 114 cm³/mol. The van der Waals surface area contributed by atoms with Crippen LogP contribution in [0.4, 0.5) is 0 Å². The first-order valence-corrected chi connectivity index (χ1v) is 11.7. The number of carbonyl (C=O) groups excluding carboxylic acids is 1. The van der Waals surface area contributed by atoms with E-state index < -0.39 is 16.0 Å². The first-order chi connectivity index (χ1) is 15.0. The molecule has 162 valence electrons. The number of hydrogen-bond donors (Lipinski definition) is 0. The highest BCUT2D eigenvalue weighted by Gasteiger charge is 2.25. The Labute approximate surface area is 181 Å². The average molecular weight is 441 g/mol. The van der Waals surface area contributed by atoms with E-state index in [1.807, 2.05) is 30.3 Å². The molecule has 0 amide bonds. The van der Waals surface area contributed by atoms with Crippen molar-refractivity contribution in [3.63, 3.8) is 0 Å². The number of carbonyl (C=O) groups is 1. The van der Waals surface area contributed by atoms with Crippen molar-refractivity contribution in [1.29, 1.82) is 0 Å². The molecule has 1 aliphatic rings. The van der Waals surface area contributed by atoms with Crippen LogP contribution in [-0.2, 0) is 32.6 Å². The lowest BCUT2D eigenvalue weighted by Crippen LogP contribution is -2.35. The molecule has 4 rings (SSSR count). The molecular weight excluding hydrogens is 416 g/mol. The number of hydrogen-bond acceptors (Lipinski definition) is 6. The molecule has 1 aromatic heterocycles. The van der Waals surface area contributed by atoms with E-state index in [0.29, 0.717) is 30.1 Å². The van der Waals surface area contributed by atoms with Crippen LogP contribution in [0.25, 0.3) is 11.3 Å². The van der Waals surface area contributed by atoms with Gasteiger partial charge in [0.05, 0.1) is 11.3 Å². The summed E-state index contributed by atoms with van der Waals surface area (Å²) >= 11 is 0. The Kier molecular flexibility index (Phi) is 6.48. The van der Waals surface area contributed by atoms with Gasteiger partial charge < -0.3 is 9.26 Å². The number of rotatable bonds is 7. The summed E-state index contributed by atoms with van der Waals surface area (Å²) in [5.74, 6) is 0.188. The first kappa shape index (κ1) is 21.3. The molecule has 1 aliphatic heterocycles. The van der Waals surface area contributed by atoms with Crippen molar-refractivity contribution in [1.82, 2.24) is 9.46 Å². The van der Waals surface area contributed by atoms with Crippen LogP contribution >= 0.6 is 0 Å². The highest BCUT2D eigenvalue weighted by Crippen LogP contribution is 2.22. The molecule has 0 radical (unpaired) electrons. The molecule has 0 unspecified atom stereocenters. The number of esters is 1. The summed E-state index contributed by atoms with van der Waals surface area (Å²) in [5, 5.41) is 3.93. The normalized spacial score (nSPS) is 15.0. The maximum Gasteiger partial charge on any atom is 0.310 e. The Hall–Kier alpha value is -2.97. The molecule has 0 atom stereocenters. The molecule has 0 saturated carbocycles. The maximum absolute atomic E-state index is 12.7. The Morgan fingerprint density at radius 2 is 1.71 bits per heavy atom. The van der Waals surface area contributed by atoms with Crippen molar-refractivity contribution >= 4 is 16.0 Å². The zero-order chi connectivity index (χ0) is 21.7. The van der Waals surface area contributed by atoms with E-state index in [0.717, 1.165) is 24.8 Å². The minimum atomic E-state index is -3.48. The first-order valence-electron chi connectivity index (χ1n) is 10.3. The standard InChI is InChI=1S/C23H24N2O5S/c26-23(29-17-20-16-22(30-24-20)19-7-3-1-4-8-19)15-18-9-11-21(12-10-18)31(27,28)25-13-5-2-6-14-25/h1,3-4,7-12,16H,2,5-6,13-15,17H2. The van der Waals surface area contributed by atoms with Gasteiger partial charge in [-0.1, -0.05) is 54.0 Å². The van der Waals surface area contributed by atoms with E-state index in [1.54, 1.807) is 30.3 Å². The van der Waals surface area contributed by atoms with Gasteiger partial charge in [-0.2, -0.15) is 4.31 Å².